The topological polar surface area (TPSA) is 67.0 Å². The molecule has 0 fully saturated rings. The second-order valence-electron chi connectivity index (χ2n) is 5.34. The molecule has 23 heavy (non-hydrogen) atoms. The van der Waals surface area contributed by atoms with Crippen LogP contribution < -0.4 is 10.1 Å². The van der Waals surface area contributed by atoms with Crippen molar-refractivity contribution in [2.45, 2.75) is 19.4 Å². The summed E-state index contributed by atoms with van der Waals surface area (Å²) in [5, 5.41) is 2.93. The highest BCUT2D eigenvalue weighted by Crippen LogP contribution is 2.15. The lowest BCUT2D eigenvalue weighted by Crippen LogP contribution is -2.28. The van der Waals surface area contributed by atoms with E-state index in [-0.39, 0.29) is 11.9 Å². The third kappa shape index (κ3) is 3.88. The van der Waals surface area contributed by atoms with E-state index < -0.39 is 0 Å². The molecule has 5 nitrogen and oxygen atoms in total. The first-order chi connectivity index (χ1) is 11.2. The Morgan fingerprint density at radius 1 is 1.17 bits per heavy atom. The van der Waals surface area contributed by atoms with Crippen molar-refractivity contribution >= 4 is 16.9 Å². The zero-order valence-electron chi connectivity index (χ0n) is 13.0. The average Bonchev–Trinajstić information content (AvgIpc) is 3.00. The third-order valence-electron chi connectivity index (χ3n) is 3.54. The van der Waals surface area contributed by atoms with E-state index in [9.17, 15) is 4.79 Å². The number of nitrogens with one attached hydrogen (secondary N) is 2. The van der Waals surface area contributed by atoms with Gasteiger partial charge in [0, 0.05) is 0 Å². The van der Waals surface area contributed by atoms with E-state index in [2.05, 4.69) is 15.3 Å². The molecule has 0 aliphatic rings. The lowest BCUT2D eigenvalue weighted by Gasteiger charge is -2.12. The molecule has 0 saturated heterocycles. The largest absolute Gasteiger partial charge is 0.493 e. The van der Waals surface area contributed by atoms with E-state index in [0.717, 1.165) is 22.6 Å². The maximum atomic E-state index is 12.0. The van der Waals surface area contributed by atoms with Crippen LogP contribution in [-0.4, -0.2) is 22.5 Å². The number of hydrogen-bond donors (Lipinski definition) is 2. The number of hydrogen-bond acceptors (Lipinski definition) is 3. The van der Waals surface area contributed by atoms with Gasteiger partial charge in [-0.1, -0.05) is 30.3 Å². The van der Waals surface area contributed by atoms with Gasteiger partial charge in [-0.25, -0.2) is 4.98 Å². The second kappa shape index (κ2) is 6.96. The van der Waals surface area contributed by atoms with Crippen LogP contribution >= 0.6 is 0 Å². The Hall–Kier alpha value is -2.82. The van der Waals surface area contributed by atoms with Crippen LogP contribution in [0.4, 0.5) is 0 Å². The standard InChI is InChI=1S/C18H19N3O2/c1-13(18-20-15-9-5-6-10-16(15)21-18)19-17(22)11-12-23-14-7-3-2-4-8-14/h2-10,13H,11-12H2,1H3,(H,19,22)(H,20,21). The molecule has 3 rings (SSSR count). The zero-order valence-corrected chi connectivity index (χ0v) is 13.0. The summed E-state index contributed by atoms with van der Waals surface area (Å²) >= 11 is 0. The Morgan fingerprint density at radius 2 is 1.91 bits per heavy atom. The number of imidazole rings is 1. The van der Waals surface area contributed by atoms with Crippen LogP contribution in [0.5, 0.6) is 5.75 Å². The Balaban J connectivity index is 1.51. The van der Waals surface area contributed by atoms with Crippen molar-refractivity contribution in [2.75, 3.05) is 6.61 Å². The fourth-order valence-electron chi connectivity index (χ4n) is 2.34. The van der Waals surface area contributed by atoms with Gasteiger partial charge < -0.3 is 15.0 Å². The number of fused-ring (bicyclic) bond motifs is 1. The van der Waals surface area contributed by atoms with E-state index in [4.69, 9.17) is 4.74 Å². The fourth-order valence-corrected chi connectivity index (χ4v) is 2.34. The van der Waals surface area contributed by atoms with Crippen LogP contribution in [0.3, 0.4) is 0 Å². The van der Waals surface area contributed by atoms with Gasteiger partial charge in [0.05, 0.1) is 30.1 Å². The van der Waals surface area contributed by atoms with Crippen LogP contribution in [0.25, 0.3) is 11.0 Å². The van der Waals surface area contributed by atoms with Crippen LogP contribution in [0, 0.1) is 0 Å². The van der Waals surface area contributed by atoms with Gasteiger partial charge in [0.15, 0.2) is 0 Å². The van der Waals surface area contributed by atoms with Crippen LogP contribution in [0.2, 0.25) is 0 Å². The SMILES string of the molecule is CC(NC(=O)CCOc1ccccc1)c1nc2ccccc2[nH]1. The fraction of sp³-hybridized carbons (Fsp3) is 0.222. The predicted octanol–water partition coefficient (Wildman–Crippen LogP) is 3.21. The number of rotatable bonds is 6. The lowest BCUT2D eigenvalue weighted by atomic mass is 10.3. The van der Waals surface area contributed by atoms with Crippen molar-refractivity contribution in [3.05, 3.63) is 60.4 Å². The quantitative estimate of drug-likeness (QED) is 0.735. The van der Waals surface area contributed by atoms with E-state index in [1.807, 2.05) is 61.5 Å². The van der Waals surface area contributed by atoms with E-state index in [1.165, 1.54) is 0 Å². The van der Waals surface area contributed by atoms with Gasteiger partial charge in [-0.2, -0.15) is 0 Å². The summed E-state index contributed by atoms with van der Waals surface area (Å²) in [5.41, 5.74) is 1.87. The van der Waals surface area contributed by atoms with Crippen molar-refractivity contribution < 1.29 is 9.53 Å². The van der Waals surface area contributed by atoms with E-state index in [0.29, 0.717) is 13.0 Å². The first kappa shape index (κ1) is 15.1. The molecule has 0 aliphatic carbocycles. The number of H-pyrrole nitrogens is 1. The number of para-hydroxylation sites is 3. The second-order valence-corrected chi connectivity index (χ2v) is 5.34. The maximum Gasteiger partial charge on any atom is 0.224 e. The van der Waals surface area contributed by atoms with Crippen molar-refractivity contribution in [2.24, 2.45) is 0 Å². The molecule has 1 aromatic heterocycles. The molecule has 118 valence electrons. The lowest BCUT2D eigenvalue weighted by molar-refractivity contribution is -0.122. The number of ether oxygens (including phenoxy) is 1. The number of carbonyl (C=O) groups excluding carboxylic acids is 1. The van der Waals surface area contributed by atoms with E-state index in [1.54, 1.807) is 0 Å². The van der Waals surface area contributed by atoms with Crippen LogP contribution in [0.15, 0.2) is 54.6 Å². The summed E-state index contributed by atoms with van der Waals surface area (Å²) in [4.78, 5) is 19.7. The highest BCUT2D eigenvalue weighted by Gasteiger charge is 2.13. The number of nitrogens with zero attached hydrogens (tertiary/aromatic N) is 1. The molecule has 2 N–H and O–H groups in total. The van der Waals surface area contributed by atoms with Crippen molar-refractivity contribution in [1.82, 2.24) is 15.3 Å². The van der Waals surface area contributed by atoms with Crippen molar-refractivity contribution in [3.63, 3.8) is 0 Å². The maximum absolute atomic E-state index is 12.0. The van der Waals surface area contributed by atoms with Crippen molar-refractivity contribution in [3.8, 4) is 5.75 Å². The molecular weight excluding hydrogens is 290 g/mol. The van der Waals surface area contributed by atoms with Gasteiger partial charge in [0.25, 0.3) is 0 Å². The first-order valence-corrected chi connectivity index (χ1v) is 7.64. The minimum absolute atomic E-state index is 0.0612. The molecule has 1 atom stereocenters. The summed E-state index contributed by atoms with van der Waals surface area (Å²) in [6.45, 7) is 2.26. The summed E-state index contributed by atoms with van der Waals surface area (Å²) in [6.07, 6.45) is 0.305. The molecule has 0 aliphatic heterocycles. The highest BCUT2D eigenvalue weighted by molar-refractivity contribution is 5.77. The van der Waals surface area contributed by atoms with Gasteiger partial charge >= 0.3 is 0 Å². The normalized spacial score (nSPS) is 12.0. The molecule has 1 amide bonds. The summed E-state index contributed by atoms with van der Waals surface area (Å²) < 4.78 is 5.53. The van der Waals surface area contributed by atoms with Crippen LogP contribution in [0.1, 0.15) is 25.2 Å². The Morgan fingerprint density at radius 3 is 2.70 bits per heavy atom. The average molecular weight is 309 g/mol. The smallest absolute Gasteiger partial charge is 0.224 e. The monoisotopic (exact) mass is 309 g/mol. The minimum Gasteiger partial charge on any atom is -0.493 e. The molecule has 1 unspecified atom stereocenters. The molecule has 2 aromatic carbocycles. The number of benzene rings is 2. The summed E-state index contributed by atoms with van der Waals surface area (Å²) in [7, 11) is 0. The van der Waals surface area contributed by atoms with Gasteiger partial charge in [-0.05, 0) is 31.2 Å². The summed E-state index contributed by atoms with van der Waals surface area (Å²) in [5.74, 6) is 1.46. The summed E-state index contributed by atoms with van der Waals surface area (Å²) in [6, 6.07) is 17.1. The van der Waals surface area contributed by atoms with Gasteiger partial charge in [-0.3, -0.25) is 4.79 Å². The predicted molar refractivity (Wildman–Crippen MR) is 89.2 cm³/mol. The molecular formula is C18H19N3O2. The Bertz CT molecular complexity index is 750. The molecule has 1 heterocycles. The van der Waals surface area contributed by atoms with Crippen LogP contribution in [-0.2, 0) is 4.79 Å². The van der Waals surface area contributed by atoms with Crippen molar-refractivity contribution in [1.29, 1.82) is 0 Å². The first-order valence-electron chi connectivity index (χ1n) is 7.64. The minimum atomic E-state index is -0.174. The van der Waals surface area contributed by atoms with Gasteiger partial charge in [0.1, 0.15) is 11.6 Å². The zero-order chi connectivity index (χ0) is 16.1. The molecule has 0 radical (unpaired) electrons. The van der Waals surface area contributed by atoms with E-state index >= 15 is 0 Å². The number of carbonyl (C=O) groups is 1. The Kier molecular flexibility index (Phi) is 4.57. The Labute approximate surface area is 134 Å². The number of aromatic nitrogens is 2. The highest BCUT2D eigenvalue weighted by atomic mass is 16.5. The van der Waals surface area contributed by atoms with Gasteiger partial charge in [0.2, 0.25) is 5.91 Å². The van der Waals surface area contributed by atoms with Gasteiger partial charge in [-0.15, -0.1) is 0 Å². The number of aromatic amines is 1. The molecule has 5 heteroatoms. The number of amides is 1. The molecule has 0 saturated carbocycles. The molecule has 3 aromatic rings. The molecule has 0 spiro atoms. The third-order valence-corrected chi connectivity index (χ3v) is 3.54. The molecule has 0 bridgehead atoms.